The maximum Gasteiger partial charge on any atom is 0.122 e. The van der Waals surface area contributed by atoms with Crippen LogP contribution in [0.5, 0.6) is 0 Å². The van der Waals surface area contributed by atoms with E-state index in [1.807, 2.05) is 30.3 Å². The van der Waals surface area contributed by atoms with Gasteiger partial charge in [0.2, 0.25) is 0 Å². The van der Waals surface area contributed by atoms with Gasteiger partial charge in [0.05, 0.1) is 15.2 Å². The molecule has 1 atom stereocenters. The van der Waals surface area contributed by atoms with Crippen molar-refractivity contribution in [2.45, 2.75) is 19.3 Å². The number of rotatable bonds is 4. The first kappa shape index (κ1) is 13.8. The van der Waals surface area contributed by atoms with E-state index in [-0.39, 0.29) is 5.84 Å². The lowest BCUT2D eigenvalue weighted by atomic mass is 10.00. The number of para-hydroxylation sites is 1. The van der Waals surface area contributed by atoms with Crippen LogP contribution in [0.4, 0.5) is 0 Å². The molecule has 0 saturated carbocycles. The molecule has 0 radical (unpaired) electrons. The third kappa shape index (κ3) is 2.95. The number of nitrogen functional groups attached to an aromatic ring is 1. The Kier molecular flexibility index (Phi) is 3.71. The first-order chi connectivity index (χ1) is 10.1. The summed E-state index contributed by atoms with van der Waals surface area (Å²) < 4.78 is 1.23. The zero-order chi connectivity index (χ0) is 14.8. The first-order valence-corrected chi connectivity index (χ1v) is 7.74. The smallest absolute Gasteiger partial charge is 0.122 e. The summed E-state index contributed by atoms with van der Waals surface area (Å²) >= 11 is 1.76. The number of nitrogens with one attached hydrogen (secondary N) is 1. The number of hydrogen-bond acceptors (Lipinski definition) is 3. The Morgan fingerprint density at radius 1 is 1.24 bits per heavy atom. The number of aromatic nitrogens is 1. The fourth-order valence-corrected chi connectivity index (χ4v) is 3.43. The average molecular weight is 295 g/mol. The highest BCUT2D eigenvalue weighted by Gasteiger charge is 2.12. The third-order valence-corrected chi connectivity index (χ3v) is 4.78. The summed E-state index contributed by atoms with van der Waals surface area (Å²) in [4.78, 5) is 4.72. The van der Waals surface area contributed by atoms with Gasteiger partial charge >= 0.3 is 0 Å². The number of amidine groups is 1. The van der Waals surface area contributed by atoms with Gasteiger partial charge in [-0.2, -0.15) is 0 Å². The molecule has 3 aromatic rings. The lowest BCUT2D eigenvalue weighted by Gasteiger charge is -2.09. The fraction of sp³-hybridized carbons (Fsp3) is 0.176. The zero-order valence-corrected chi connectivity index (χ0v) is 12.7. The third-order valence-electron chi connectivity index (χ3n) is 3.51. The van der Waals surface area contributed by atoms with E-state index in [0.717, 1.165) is 22.5 Å². The van der Waals surface area contributed by atoms with Gasteiger partial charge in [-0.3, -0.25) is 5.41 Å². The number of benzene rings is 2. The molecular formula is C17H17N3S. The second kappa shape index (κ2) is 5.66. The molecule has 106 valence electrons. The largest absolute Gasteiger partial charge is 0.384 e. The zero-order valence-electron chi connectivity index (χ0n) is 11.8. The molecule has 0 amide bonds. The van der Waals surface area contributed by atoms with Gasteiger partial charge in [0.1, 0.15) is 5.84 Å². The van der Waals surface area contributed by atoms with Crippen molar-refractivity contribution in [1.29, 1.82) is 5.41 Å². The van der Waals surface area contributed by atoms with Crippen molar-refractivity contribution in [3.63, 3.8) is 0 Å². The van der Waals surface area contributed by atoms with Crippen LogP contribution in [0.2, 0.25) is 0 Å². The average Bonchev–Trinajstić information content (AvgIpc) is 2.91. The van der Waals surface area contributed by atoms with Crippen LogP contribution >= 0.6 is 11.3 Å². The second-order valence-electron chi connectivity index (χ2n) is 5.24. The van der Waals surface area contributed by atoms with Gasteiger partial charge in [-0.1, -0.05) is 37.3 Å². The van der Waals surface area contributed by atoms with Crippen LogP contribution in [0.3, 0.4) is 0 Å². The molecule has 4 heteroatoms. The maximum absolute atomic E-state index is 7.52. The van der Waals surface area contributed by atoms with Gasteiger partial charge in [-0.25, -0.2) is 4.98 Å². The summed E-state index contributed by atoms with van der Waals surface area (Å²) in [5.74, 6) is 0.467. The Morgan fingerprint density at radius 3 is 2.81 bits per heavy atom. The Bertz CT molecular complexity index is 758. The van der Waals surface area contributed by atoms with Crippen LogP contribution in [-0.4, -0.2) is 10.8 Å². The SMILES string of the molecule is CC(Cc1cccc(C(=N)N)c1)c1nc2ccccc2s1. The predicted molar refractivity (Wildman–Crippen MR) is 89.2 cm³/mol. The lowest BCUT2D eigenvalue weighted by Crippen LogP contribution is -2.11. The van der Waals surface area contributed by atoms with E-state index in [1.165, 1.54) is 10.3 Å². The fourth-order valence-electron chi connectivity index (χ4n) is 2.41. The highest BCUT2D eigenvalue weighted by Crippen LogP contribution is 2.29. The van der Waals surface area contributed by atoms with Crippen LogP contribution in [0, 0.1) is 5.41 Å². The lowest BCUT2D eigenvalue weighted by molar-refractivity contribution is 0.753. The summed E-state index contributed by atoms with van der Waals surface area (Å²) in [6.45, 7) is 2.19. The van der Waals surface area contributed by atoms with Gasteiger partial charge in [0, 0.05) is 11.5 Å². The summed E-state index contributed by atoms with van der Waals surface area (Å²) in [5.41, 5.74) is 8.59. The van der Waals surface area contributed by atoms with Crippen molar-refractivity contribution < 1.29 is 0 Å². The van der Waals surface area contributed by atoms with Crippen molar-refractivity contribution in [3.8, 4) is 0 Å². The van der Waals surface area contributed by atoms with Gasteiger partial charge in [0.15, 0.2) is 0 Å². The molecule has 0 fully saturated rings. The van der Waals surface area contributed by atoms with Crippen LogP contribution in [-0.2, 0) is 6.42 Å². The maximum atomic E-state index is 7.52. The normalized spacial score (nSPS) is 12.4. The summed E-state index contributed by atoms with van der Waals surface area (Å²) in [6, 6.07) is 16.1. The summed E-state index contributed by atoms with van der Waals surface area (Å²) in [6.07, 6.45) is 0.904. The molecule has 3 N–H and O–H groups in total. The van der Waals surface area contributed by atoms with Gasteiger partial charge in [-0.05, 0) is 30.2 Å². The molecule has 1 unspecified atom stereocenters. The van der Waals surface area contributed by atoms with Gasteiger partial charge in [-0.15, -0.1) is 11.3 Å². The van der Waals surface area contributed by atoms with E-state index in [0.29, 0.717) is 5.92 Å². The number of hydrogen-bond donors (Lipinski definition) is 2. The van der Waals surface area contributed by atoms with Crippen molar-refractivity contribution in [2.24, 2.45) is 5.73 Å². The first-order valence-electron chi connectivity index (χ1n) is 6.92. The molecule has 3 nitrogen and oxygen atoms in total. The molecule has 1 aromatic heterocycles. The highest BCUT2D eigenvalue weighted by molar-refractivity contribution is 7.18. The Labute approximate surface area is 128 Å². The Balaban J connectivity index is 1.84. The molecule has 1 heterocycles. The van der Waals surface area contributed by atoms with Crippen molar-refractivity contribution >= 4 is 27.4 Å². The minimum Gasteiger partial charge on any atom is -0.384 e. The van der Waals surface area contributed by atoms with E-state index in [1.54, 1.807) is 11.3 Å². The van der Waals surface area contributed by atoms with E-state index in [9.17, 15) is 0 Å². The molecule has 3 rings (SSSR count). The van der Waals surface area contributed by atoms with Crippen molar-refractivity contribution in [2.75, 3.05) is 0 Å². The molecule has 0 saturated heterocycles. The van der Waals surface area contributed by atoms with Crippen LogP contribution in [0.25, 0.3) is 10.2 Å². The summed E-state index contributed by atoms with van der Waals surface area (Å²) in [7, 11) is 0. The van der Waals surface area contributed by atoms with E-state index < -0.39 is 0 Å². The van der Waals surface area contributed by atoms with Crippen LogP contribution < -0.4 is 5.73 Å². The molecule has 2 aromatic carbocycles. The molecular weight excluding hydrogens is 278 g/mol. The van der Waals surface area contributed by atoms with E-state index in [4.69, 9.17) is 16.1 Å². The molecule has 0 spiro atoms. The minimum atomic E-state index is 0.115. The number of nitrogens with two attached hydrogens (primary N) is 1. The Morgan fingerprint density at radius 2 is 2.05 bits per heavy atom. The monoisotopic (exact) mass is 295 g/mol. The van der Waals surface area contributed by atoms with E-state index >= 15 is 0 Å². The van der Waals surface area contributed by atoms with Gasteiger partial charge < -0.3 is 5.73 Å². The standard InChI is InChI=1S/C17H17N3S/c1-11(9-12-5-4-6-13(10-12)16(18)19)17-20-14-7-2-3-8-15(14)21-17/h2-8,10-11H,9H2,1H3,(H3,18,19). The van der Waals surface area contributed by atoms with Gasteiger partial charge in [0.25, 0.3) is 0 Å². The number of fused-ring (bicyclic) bond motifs is 1. The minimum absolute atomic E-state index is 0.115. The quantitative estimate of drug-likeness (QED) is 0.566. The number of thiazole rings is 1. The predicted octanol–water partition coefficient (Wildman–Crippen LogP) is 3.93. The molecule has 21 heavy (non-hydrogen) atoms. The molecule has 0 bridgehead atoms. The van der Waals surface area contributed by atoms with Crippen LogP contribution in [0.1, 0.15) is 29.0 Å². The number of nitrogens with zero attached hydrogens (tertiary/aromatic N) is 1. The topological polar surface area (TPSA) is 62.8 Å². The van der Waals surface area contributed by atoms with Crippen molar-refractivity contribution in [3.05, 3.63) is 64.7 Å². The highest BCUT2D eigenvalue weighted by atomic mass is 32.1. The summed E-state index contributed by atoms with van der Waals surface area (Å²) in [5, 5.41) is 8.68. The second-order valence-corrected chi connectivity index (χ2v) is 6.30. The molecule has 0 aliphatic rings. The van der Waals surface area contributed by atoms with Crippen LogP contribution in [0.15, 0.2) is 48.5 Å². The molecule has 0 aliphatic carbocycles. The Hall–Kier alpha value is -2.20. The van der Waals surface area contributed by atoms with E-state index in [2.05, 4.69) is 25.1 Å². The van der Waals surface area contributed by atoms with Crippen molar-refractivity contribution in [1.82, 2.24) is 4.98 Å². The molecule has 0 aliphatic heterocycles.